The van der Waals surface area contributed by atoms with Crippen molar-refractivity contribution in [3.8, 4) is 5.75 Å². The molecule has 8 heteroatoms. The molecule has 0 saturated carbocycles. The maximum atomic E-state index is 12.1. The zero-order valence-corrected chi connectivity index (χ0v) is 16.4. The van der Waals surface area contributed by atoms with Crippen molar-refractivity contribution < 1.29 is 17.9 Å². The van der Waals surface area contributed by atoms with Crippen molar-refractivity contribution in [1.29, 1.82) is 0 Å². The summed E-state index contributed by atoms with van der Waals surface area (Å²) in [4.78, 5) is 12.2. The van der Waals surface area contributed by atoms with Crippen molar-refractivity contribution in [1.82, 2.24) is 9.88 Å². The first-order valence-corrected chi connectivity index (χ1v) is 10.4. The number of primary sulfonamides is 1. The Morgan fingerprint density at radius 2 is 1.89 bits per heavy atom. The number of nitrogens with two attached hydrogens (primary N) is 1. The van der Waals surface area contributed by atoms with Gasteiger partial charge in [-0.3, -0.25) is 4.79 Å². The summed E-state index contributed by atoms with van der Waals surface area (Å²) in [5, 5.41) is 9.04. The third-order valence-corrected chi connectivity index (χ3v) is 5.47. The van der Waals surface area contributed by atoms with E-state index in [0.29, 0.717) is 25.9 Å². The third kappa shape index (κ3) is 4.90. The molecule has 3 rings (SSSR count). The van der Waals surface area contributed by atoms with E-state index in [0.717, 1.165) is 22.2 Å². The second-order valence-corrected chi connectivity index (χ2v) is 8.03. The van der Waals surface area contributed by atoms with E-state index in [9.17, 15) is 13.2 Å². The predicted octanol–water partition coefficient (Wildman–Crippen LogP) is 2.05. The van der Waals surface area contributed by atoms with Gasteiger partial charge in [-0.15, -0.1) is 0 Å². The molecule has 1 heterocycles. The Hall–Kier alpha value is -2.84. The number of nitrogens with one attached hydrogen (secondary N) is 1. The molecule has 1 amide bonds. The quantitative estimate of drug-likeness (QED) is 0.603. The van der Waals surface area contributed by atoms with Crippen LogP contribution in [0.15, 0.2) is 59.6 Å². The number of aryl methyl sites for hydroxylation is 1. The van der Waals surface area contributed by atoms with E-state index in [2.05, 4.69) is 5.32 Å². The summed E-state index contributed by atoms with van der Waals surface area (Å²) in [5.74, 6) is 0.775. The van der Waals surface area contributed by atoms with Crippen LogP contribution in [0.4, 0.5) is 0 Å². The average molecular weight is 401 g/mol. The molecule has 0 unspecified atom stereocenters. The van der Waals surface area contributed by atoms with Crippen molar-refractivity contribution in [2.45, 2.75) is 24.3 Å². The Morgan fingerprint density at radius 3 is 2.57 bits per heavy atom. The van der Waals surface area contributed by atoms with Gasteiger partial charge in [0, 0.05) is 36.6 Å². The van der Waals surface area contributed by atoms with Crippen molar-refractivity contribution >= 4 is 26.8 Å². The fourth-order valence-corrected chi connectivity index (χ4v) is 3.52. The van der Waals surface area contributed by atoms with Crippen LogP contribution in [0.3, 0.4) is 0 Å². The first-order valence-electron chi connectivity index (χ1n) is 8.88. The van der Waals surface area contributed by atoms with Gasteiger partial charge in [0.2, 0.25) is 15.9 Å². The van der Waals surface area contributed by atoms with Gasteiger partial charge in [-0.05, 0) is 48.4 Å². The Kier molecular flexibility index (Phi) is 6.01. The van der Waals surface area contributed by atoms with Crippen LogP contribution in [-0.4, -0.2) is 32.5 Å². The molecule has 0 aliphatic carbocycles. The lowest BCUT2D eigenvalue weighted by Gasteiger charge is -2.08. The highest BCUT2D eigenvalue weighted by Crippen LogP contribution is 2.22. The summed E-state index contributed by atoms with van der Waals surface area (Å²) in [5.41, 5.74) is 1.99. The number of rotatable bonds is 8. The molecule has 3 N–H and O–H groups in total. The summed E-state index contributed by atoms with van der Waals surface area (Å²) in [6, 6.07) is 14.2. The molecule has 148 valence electrons. The fraction of sp³-hybridized carbons (Fsp3) is 0.250. The molecule has 0 bridgehead atoms. The molecule has 0 atom stereocenters. The third-order valence-electron chi connectivity index (χ3n) is 4.55. The second kappa shape index (κ2) is 8.45. The number of carbonyl (C=O) groups excluding carboxylic acids is 1. The molecule has 1 aromatic heterocycles. The van der Waals surface area contributed by atoms with Gasteiger partial charge in [0.1, 0.15) is 5.75 Å². The first-order chi connectivity index (χ1) is 13.4. The number of aromatic nitrogens is 1. The molecule has 7 nitrogen and oxygen atoms in total. The van der Waals surface area contributed by atoms with Crippen molar-refractivity contribution in [2.75, 3.05) is 13.7 Å². The highest BCUT2D eigenvalue weighted by molar-refractivity contribution is 7.89. The number of amides is 1. The standard InChI is InChI=1S/C20H23N3O4S/c1-27-17-4-7-19-16(14-17)9-12-23(19)13-10-20(24)22-11-8-15-2-5-18(6-3-15)28(21,25)26/h2-7,9,12,14H,8,10-11,13H2,1H3,(H,22,24)(H2,21,25,26). The average Bonchev–Trinajstić information content (AvgIpc) is 3.08. The number of fused-ring (bicyclic) bond motifs is 1. The van der Waals surface area contributed by atoms with Crippen LogP contribution in [0.5, 0.6) is 5.75 Å². The topological polar surface area (TPSA) is 103 Å². The first kappa shape index (κ1) is 19.9. The Morgan fingerprint density at radius 1 is 1.14 bits per heavy atom. The SMILES string of the molecule is COc1ccc2c(ccn2CCC(=O)NCCc2ccc(S(N)(=O)=O)cc2)c1. The van der Waals surface area contributed by atoms with E-state index >= 15 is 0 Å². The normalized spacial score (nSPS) is 11.5. The van der Waals surface area contributed by atoms with Crippen LogP contribution in [0.2, 0.25) is 0 Å². The minimum atomic E-state index is -3.68. The van der Waals surface area contributed by atoms with Crippen LogP contribution in [0.1, 0.15) is 12.0 Å². The molecular weight excluding hydrogens is 378 g/mol. The summed E-state index contributed by atoms with van der Waals surface area (Å²) < 4.78 is 29.8. The number of carbonyl (C=O) groups is 1. The van der Waals surface area contributed by atoms with E-state index in [1.807, 2.05) is 35.0 Å². The Balaban J connectivity index is 1.47. The van der Waals surface area contributed by atoms with Crippen molar-refractivity contribution in [3.63, 3.8) is 0 Å². The van der Waals surface area contributed by atoms with Crippen molar-refractivity contribution in [3.05, 3.63) is 60.3 Å². The molecular formula is C20H23N3O4S. The lowest BCUT2D eigenvalue weighted by Crippen LogP contribution is -2.26. The maximum absolute atomic E-state index is 12.1. The highest BCUT2D eigenvalue weighted by atomic mass is 32.2. The van der Waals surface area contributed by atoms with Crippen LogP contribution >= 0.6 is 0 Å². The van der Waals surface area contributed by atoms with Gasteiger partial charge in [0.15, 0.2) is 0 Å². The molecule has 0 aliphatic rings. The molecule has 28 heavy (non-hydrogen) atoms. The molecule has 0 aliphatic heterocycles. The van der Waals surface area contributed by atoms with E-state index in [-0.39, 0.29) is 10.8 Å². The maximum Gasteiger partial charge on any atom is 0.238 e. The number of benzene rings is 2. The van der Waals surface area contributed by atoms with Gasteiger partial charge in [-0.2, -0.15) is 0 Å². The smallest absolute Gasteiger partial charge is 0.238 e. The van der Waals surface area contributed by atoms with Crippen LogP contribution < -0.4 is 15.2 Å². The molecule has 2 aromatic carbocycles. The zero-order valence-electron chi connectivity index (χ0n) is 15.6. The van der Waals surface area contributed by atoms with Crippen molar-refractivity contribution in [2.24, 2.45) is 5.14 Å². The summed E-state index contributed by atoms with van der Waals surface area (Å²) in [7, 11) is -2.05. The summed E-state index contributed by atoms with van der Waals surface area (Å²) >= 11 is 0. The van der Waals surface area contributed by atoms with Gasteiger partial charge >= 0.3 is 0 Å². The number of hydrogen-bond donors (Lipinski definition) is 2. The van der Waals surface area contributed by atoms with Crippen LogP contribution in [0, 0.1) is 0 Å². The molecule has 0 saturated heterocycles. The van der Waals surface area contributed by atoms with Gasteiger partial charge < -0.3 is 14.6 Å². The Labute approximate surface area is 164 Å². The van der Waals surface area contributed by atoms with Gasteiger partial charge in [0.05, 0.1) is 12.0 Å². The number of ether oxygens (including phenoxy) is 1. The molecule has 3 aromatic rings. The number of sulfonamides is 1. The predicted molar refractivity (Wildman–Crippen MR) is 108 cm³/mol. The minimum Gasteiger partial charge on any atom is -0.497 e. The van der Waals surface area contributed by atoms with E-state index in [1.165, 1.54) is 12.1 Å². The lowest BCUT2D eigenvalue weighted by atomic mass is 10.1. The highest BCUT2D eigenvalue weighted by Gasteiger charge is 2.08. The molecule has 0 fully saturated rings. The van der Waals surface area contributed by atoms with E-state index in [4.69, 9.17) is 9.88 Å². The number of hydrogen-bond acceptors (Lipinski definition) is 4. The summed E-state index contributed by atoms with van der Waals surface area (Å²) in [6.45, 7) is 1.07. The van der Waals surface area contributed by atoms with E-state index < -0.39 is 10.0 Å². The largest absolute Gasteiger partial charge is 0.497 e. The summed E-state index contributed by atoms with van der Waals surface area (Å²) in [6.07, 6.45) is 2.95. The molecule has 0 spiro atoms. The fourth-order valence-electron chi connectivity index (χ4n) is 3.00. The van der Waals surface area contributed by atoms with Crippen LogP contribution in [-0.2, 0) is 27.8 Å². The Bertz CT molecular complexity index is 1070. The van der Waals surface area contributed by atoms with Crippen LogP contribution in [0.25, 0.3) is 10.9 Å². The van der Waals surface area contributed by atoms with Gasteiger partial charge in [0.25, 0.3) is 0 Å². The lowest BCUT2D eigenvalue weighted by molar-refractivity contribution is -0.121. The molecule has 0 radical (unpaired) electrons. The number of methoxy groups -OCH3 is 1. The second-order valence-electron chi connectivity index (χ2n) is 6.47. The number of nitrogens with zero attached hydrogens (tertiary/aromatic N) is 1. The van der Waals surface area contributed by atoms with Gasteiger partial charge in [-0.25, -0.2) is 13.6 Å². The minimum absolute atomic E-state index is 0.0310. The van der Waals surface area contributed by atoms with E-state index in [1.54, 1.807) is 19.2 Å². The van der Waals surface area contributed by atoms with Gasteiger partial charge in [-0.1, -0.05) is 12.1 Å². The monoisotopic (exact) mass is 401 g/mol. The zero-order chi connectivity index (χ0) is 20.1.